The normalized spacial score (nSPS) is 13.2. The summed E-state index contributed by atoms with van der Waals surface area (Å²) in [6.07, 6.45) is 7.99. The molecule has 5 aromatic rings. The number of carboxylic acids is 4. The maximum Gasteiger partial charge on any atom is 0.337 e. The lowest BCUT2D eigenvalue weighted by atomic mass is 9.94. The van der Waals surface area contributed by atoms with Crippen molar-refractivity contribution < 1.29 is 39.6 Å². The SMILES string of the molecule is Nc1cc(C(=O)O)ccc1C(=O)O.O=C(O)c1ccc2c(=O)c3c([nH]c2c1)CCCC3.O=C(O)c1ccc2c(Cl)c3c(nc2c1)CCCC3. The Labute approximate surface area is 283 Å². The van der Waals surface area contributed by atoms with E-state index in [0.29, 0.717) is 16.4 Å². The lowest BCUT2D eigenvalue weighted by Crippen LogP contribution is -2.18. The van der Waals surface area contributed by atoms with Crippen LogP contribution in [0.15, 0.2) is 59.4 Å². The number of benzene rings is 3. The van der Waals surface area contributed by atoms with Crippen molar-refractivity contribution in [2.24, 2.45) is 0 Å². The second-order valence-electron chi connectivity index (χ2n) is 11.7. The molecule has 0 saturated carbocycles. The molecule has 0 unspecified atom stereocenters. The number of pyridine rings is 2. The maximum atomic E-state index is 12.3. The van der Waals surface area contributed by atoms with E-state index in [1.165, 1.54) is 24.3 Å². The standard InChI is InChI=1S/C14H12ClNO2.C14H13NO3.C8H7NO4/c15-13-9-3-1-2-4-11(9)16-12-7-8(14(17)18)5-6-10(12)13;16-13-9-3-1-2-4-11(9)15-12-7-8(14(17)18)5-6-10(12)13;9-6-3-4(7(10)11)1-2-5(6)8(12)13/h5-7H,1-4H2,(H,17,18);5-7H,1-4H2,(H,15,16)(H,17,18);1-3H,9H2,(H,10,11)(H,12,13). The van der Waals surface area contributed by atoms with Crippen LogP contribution in [0.2, 0.25) is 5.02 Å². The van der Waals surface area contributed by atoms with Gasteiger partial charge in [-0.1, -0.05) is 17.7 Å². The van der Waals surface area contributed by atoms with E-state index < -0.39 is 23.9 Å². The summed E-state index contributed by atoms with van der Waals surface area (Å²) in [5.41, 5.74) is 11.0. The van der Waals surface area contributed by atoms with Crippen molar-refractivity contribution in [3.8, 4) is 0 Å². The minimum atomic E-state index is -1.17. The van der Waals surface area contributed by atoms with Crippen molar-refractivity contribution in [1.82, 2.24) is 9.97 Å². The van der Waals surface area contributed by atoms with E-state index in [-0.39, 0.29) is 33.4 Å². The van der Waals surface area contributed by atoms with Crippen LogP contribution in [0.4, 0.5) is 5.69 Å². The molecular weight excluding hydrogens is 654 g/mol. The average molecular weight is 686 g/mol. The van der Waals surface area contributed by atoms with Gasteiger partial charge in [-0.05, 0) is 105 Å². The van der Waals surface area contributed by atoms with Crippen LogP contribution in [-0.2, 0) is 25.7 Å². The molecule has 0 aliphatic heterocycles. The Bertz CT molecular complexity index is 2210. The number of fused-ring (bicyclic) bond motifs is 4. The van der Waals surface area contributed by atoms with Crippen molar-refractivity contribution in [2.75, 3.05) is 5.73 Å². The summed E-state index contributed by atoms with van der Waals surface area (Å²) in [6.45, 7) is 0. The van der Waals surface area contributed by atoms with E-state index in [1.807, 2.05) is 0 Å². The van der Waals surface area contributed by atoms with Gasteiger partial charge in [0.25, 0.3) is 0 Å². The van der Waals surface area contributed by atoms with E-state index in [2.05, 4.69) is 9.97 Å². The summed E-state index contributed by atoms with van der Waals surface area (Å²) >= 11 is 6.40. The van der Waals surface area contributed by atoms with E-state index in [1.54, 1.807) is 24.3 Å². The molecule has 0 spiro atoms. The first-order valence-electron chi connectivity index (χ1n) is 15.5. The molecule has 12 nitrogen and oxygen atoms in total. The van der Waals surface area contributed by atoms with Crippen molar-refractivity contribution >= 4 is 63.0 Å². The van der Waals surface area contributed by atoms with Crippen LogP contribution < -0.4 is 11.2 Å². The van der Waals surface area contributed by atoms with Gasteiger partial charge in [-0.2, -0.15) is 0 Å². The van der Waals surface area contributed by atoms with Gasteiger partial charge in [0.2, 0.25) is 0 Å². The number of aromatic amines is 1. The number of anilines is 1. The zero-order chi connectivity index (χ0) is 35.4. The zero-order valence-corrected chi connectivity index (χ0v) is 26.8. The Morgan fingerprint density at radius 2 is 1.22 bits per heavy atom. The maximum absolute atomic E-state index is 12.3. The third kappa shape index (κ3) is 7.54. The smallest absolute Gasteiger partial charge is 0.337 e. The Kier molecular flexibility index (Phi) is 10.3. The Morgan fingerprint density at radius 1 is 0.673 bits per heavy atom. The summed E-state index contributed by atoms with van der Waals surface area (Å²) in [5, 5.41) is 37.2. The fourth-order valence-electron chi connectivity index (χ4n) is 5.99. The number of nitrogens with two attached hydrogens (primary N) is 1. The third-order valence-electron chi connectivity index (χ3n) is 8.51. The molecule has 0 bridgehead atoms. The molecule has 49 heavy (non-hydrogen) atoms. The van der Waals surface area contributed by atoms with Crippen LogP contribution in [0.25, 0.3) is 21.8 Å². The lowest BCUT2D eigenvalue weighted by molar-refractivity contribution is 0.0682. The number of H-pyrrole nitrogens is 1. The Balaban J connectivity index is 0.000000146. The van der Waals surface area contributed by atoms with Gasteiger partial charge in [-0.15, -0.1) is 0 Å². The molecule has 2 aliphatic carbocycles. The number of aromatic nitrogens is 2. The third-order valence-corrected chi connectivity index (χ3v) is 8.94. The molecule has 2 heterocycles. The van der Waals surface area contributed by atoms with Crippen molar-refractivity contribution in [3.63, 3.8) is 0 Å². The topological polar surface area (TPSA) is 221 Å². The number of nitrogen functional groups attached to an aromatic ring is 1. The van der Waals surface area contributed by atoms with Gasteiger partial charge < -0.3 is 31.1 Å². The summed E-state index contributed by atoms with van der Waals surface area (Å²) in [4.78, 5) is 62.9. The van der Waals surface area contributed by atoms with Gasteiger partial charge in [0, 0.05) is 33.4 Å². The molecule has 2 aromatic heterocycles. The minimum Gasteiger partial charge on any atom is -0.478 e. The molecular formula is C36H32ClN3O9. The highest BCUT2D eigenvalue weighted by atomic mass is 35.5. The number of hydrogen-bond acceptors (Lipinski definition) is 7. The summed E-state index contributed by atoms with van der Waals surface area (Å²) in [6, 6.07) is 13.0. The highest BCUT2D eigenvalue weighted by molar-refractivity contribution is 6.36. The number of carboxylic acid groups (broad SMARTS) is 4. The second kappa shape index (κ2) is 14.6. The number of hydrogen-bond donors (Lipinski definition) is 6. The van der Waals surface area contributed by atoms with Crippen LogP contribution in [0.3, 0.4) is 0 Å². The molecule has 3 aromatic carbocycles. The van der Waals surface area contributed by atoms with Gasteiger partial charge in [0.05, 0.1) is 38.3 Å². The highest BCUT2D eigenvalue weighted by Crippen LogP contribution is 2.33. The molecule has 7 rings (SSSR count). The van der Waals surface area contributed by atoms with Gasteiger partial charge >= 0.3 is 23.9 Å². The van der Waals surface area contributed by atoms with Crippen LogP contribution in [0, 0.1) is 0 Å². The number of halogens is 1. The van der Waals surface area contributed by atoms with Crippen molar-refractivity contribution in [2.45, 2.75) is 51.4 Å². The predicted molar refractivity (Wildman–Crippen MR) is 183 cm³/mol. The Morgan fingerprint density at radius 3 is 1.86 bits per heavy atom. The van der Waals surface area contributed by atoms with Gasteiger partial charge in [-0.3, -0.25) is 9.78 Å². The first kappa shape index (κ1) is 34.6. The van der Waals surface area contributed by atoms with E-state index in [4.69, 9.17) is 37.8 Å². The predicted octanol–water partition coefficient (Wildman–Crippen LogP) is 6.24. The molecule has 2 aliphatic rings. The number of carbonyl (C=O) groups is 4. The number of nitrogens with one attached hydrogen (secondary N) is 1. The molecule has 0 atom stereocenters. The monoisotopic (exact) mass is 685 g/mol. The summed E-state index contributed by atoms with van der Waals surface area (Å²) < 4.78 is 0. The lowest BCUT2D eigenvalue weighted by Gasteiger charge is -2.17. The van der Waals surface area contributed by atoms with Gasteiger partial charge in [0.1, 0.15) is 0 Å². The fraction of sp³-hybridized carbons (Fsp3) is 0.222. The number of aromatic carboxylic acids is 4. The summed E-state index contributed by atoms with van der Waals surface area (Å²) in [5.74, 6) is -4.22. The zero-order valence-electron chi connectivity index (χ0n) is 26.1. The van der Waals surface area contributed by atoms with Crippen LogP contribution >= 0.6 is 11.6 Å². The van der Waals surface area contributed by atoms with Crippen molar-refractivity contribution in [1.29, 1.82) is 0 Å². The van der Waals surface area contributed by atoms with Gasteiger partial charge in [-0.25, -0.2) is 19.2 Å². The summed E-state index contributed by atoms with van der Waals surface area (Å²) in [7, 11) is 0. The van der Waals surface area contributed by atoms with Crippen LogP contribution in [0.5, 0.6) is 0 Å². The van der Waals surface area contributed by atoms with Crippen LogP contribution in [-0.4, -0.2) is 54.3 Å². The Hall–Kier alpha value is -5.75. The number of aryl methyl sites for hydroxylation is 2. The largest absolute Gasteiger partial charge is 0.478 e. The van der Waals surface area contributed by atoms with Crippen LogP contribution in [0.1, 0.15) is 89.6 Å². The number of nitrogens with zero attached hydrogens (tertiary/aromatic N) is 1. The molecule has 0 fully saturated rings. The molecule has 7 N–H and O–H groups in total. The van der Waals surface area contributed by atoms with E-state index in [0.717, 1.165) is 90.4 Å². The molecule has 0 saturated heterocycles. The second-order valence-corrected chi connectivity index (χ2v) is 12.1. The molecule has 252 valence electrons. The minimum absolute atomic E-state index is 0.0255. The van der Waals surface area contributed by atoms with E-state index >= 15 is 0 Å². The van der Waals surface area contributed by atoms with Gasteiger partial charge in [0.15, 0.2) is 5.43 Å². The first-order valence-corrected chi connectivity index (χ1v) is 15.8. The quantitative estimate of drug-likeness (QED) is 0.116. The van der Waals surface area contributed by atoms with Crippen molar-refractivity contribution in [3.05, 3.63) is 115 Å². The first-order chi connectivity index (χ1) is 23.3. The van der Waals surface area contributed by atoms with E-state index in [9.17, 15) is 24.0 Å². The molecule has 0 radical (unpaired) electrons. The number of rotatable bonds is 4. The highest BCUT2D eigenvalue weighted by Gasteiger charge is 2.19. The average Bonchev–Trinajstić information content (AvgIpc) is 3.08. The molecule has 13 heteroatoms. The fourth-order valence-corrected chi connectivity index (χ4v) is 6.35. The molecule has 0 amide bonds.